The van der Waals surface area contributed by atoms with Crippen LogP contribution in [0.4, 0.5) is 0 Å². The Labute approximate surface area is 67.3 Å². The molecule has 0 aliphatic carbocycles. The van der Waals surface area contributed by atoms with Crippen LogP contribution >= 0.6 is 27.3 Å². The maximum absolute atomic E-state index is 3.69. The Morgan fingerprint density at radius 2 is 2.44 bits per heavy atom. The molecule has 0 atom stereocenters. The van der Waals surface area contributed by atoms with Crippen LogP contribution in [0.15, 0.2) is 16.4 Å². The van der Waals surface area contributed by atoms with Crippen molar-refractivity contribution in [2.45, 2.75) is 6.92 Å². The van der Waals surface area contributed by atoms with E-state index in [1.54, 1.807) is 11.3 Å². The van der Waals surface area contributed by atoms with Crippen molar-refractivity contribution < 1.29 is 0 Å². The van der Waals surface area contributed by atoms with Gasteiger partial charge < -0.3 is 0 Å². The Kier molecular flexibility index (Phi) is 2.09. The molecule has 0 fully saturated rings. The molecule has 48 valence electrons. The predicted octanol–water partition coefficient (Wildman–Crippen LogP) is 3.46. The lowest BCUT2D eigenvalue weighted by Crippen LogP contribution is -1.63. The fourth-order valence-corrected chi connectivity index (χ4v) is 2.37. The van der Waals surface area contributed by atoms with Crippen molar-refractivity contribution in [3.63, 3.8) is 0 Å². The SMILES string of the molecule is C=Cc1cc(Br)sc1C. The first-order valence-corrected chi connectivity index (χ1v) is 4.23. The summed E-state index contributed by atoms with van der Waals surface area (Å²) in [4.78, 5) is 1.32. The number of hydrogen-bond donors (Lipinski definition) is 0. The molecule has 0 radical (unpaired) electrons. The minimum absolute atomic E-state index is 1.18. The average Bonchev–Trinajstić information content (AvgIpc) is 2.10. The van der Waals surface area contributed by atoms with Gasteiger partial charge in [-0.05, 0) is 34.5 Å². The lowest BCUT2D eigenvalue weighted by atomic mass is 10.3. The van der Waals surface area contributed by atoms with Gasteiger partial charge in [-0.15, -0.1) is 11.3 Å². The molecular weight excluding hydrogens is 196 g/mol. The summed E-state index contributed by atoms with van der Waals surface area (Å²) in [7, 11) is 0. The maximum atomic E-state index is 3.69. The predicted molar refractivity (Wildman–Crippen MR) is 46.8 cm³/mol. The molecule has 9 heavy (non-hydrogen) atoms. The van der Waals surface area contributed by atoms with Crippen molar-refractivity contribution in [2.24, 2.45) is 0 Å². The fraction of sp³-hybridized carbons (Fsp3) is 0.143. The van der Waals surface area contributed by atoms with E-state index >= 15 is 0 Å². The lowest BCUT2D eigenvalue weighted by Gasteiger charge is -1.82. The molecule has 0 aromatic carbocycles. The van der Waals surface area contributed by atoms with Gasteiger partial charge >= 0.3 is 0 Å². The van der Waals surface area contributed by atoms with Gasteiger partial charge in [-0.3, -0.25) is 0 Å². The first-order valence-electron chi connectivity index (χ1n) is 2.62. The maximum Gasteiger partial charge on any atom is 0.0707 e. The standard InChI is InChI=1S/C7H7BrS/c1-3-6-4-7(8)9-5(6)2/h3-4H,1H2,2H3. The van der Waals surface area contributed by atoms with Gasteiger partial charge in [0.1, 0.15) is 0 Å². The van der Waals surface area contributed by atoms with E-state index in [9.17, 15) is 0 Å². The Balaban J connectivity index is 3.15. The van der Waals surface area contributed by atoms with Crippen molar-refractivity contribution >= 4 is 33.3 Å². The van der Waals surface area contributed by atoms with E-state index in [1.807, 2.05) is 6.08 Å². The molecule has 0 bridgehead atoms. The molecule has 0 N–H and O–H groups in total. The molecule has 1 heterocycles. The van der Waals surface area contributed by atoms with E-state index < -0.39 is 0 Å². The van der Waals surface area contributed by atoms with Crippen molar-refractivity contribution in [1.82, 2.24) is 0 Å². The van der Waals surface area contributed by atoms with Crippen molar-refractivity contribution in [3.05, 3.63) is 26.9 Å². The number of hydrogen-bond acceptors (Lipinski definition) is 1. The Morgan fingerprint density at radius 1 is 1.78 bits per heavy atom. The second-order valence-corrected chi connectivity index (χ2v) is 4.40. The normalized spacial score (nSPS) is 9.56. The molecule has 1 rings (SSSR count). The van der Waals surface area contributed by atoms with E-state index in [-0.39, 0.29) is 0 Å². The fourth-order valence-electron chi connectivity index (χ4n) is 0.661. The molecule has 0 unspecified atom stereocenters. The molecular formula is C7H7BrS. The molecule has 0 nitrogen and oxygen atoms in total. The zero-order valence-corrected chi connectivity index (χ0v) is 7.55. The van der Waals surface area contributed by atoms with Crippen LogP contribution in [-0.4, -0.2) is 0 Å². The van der Waals surface area contributed by atoms with Gasteiger partial charge in [0.05, 0.1) is 3.79 Å². The van der Waals surface area contributed by atoms with Crippen molar-refractivity contribution in [2.75, 3.05) is 0 Å². The number of halogens is 1. The van der Waals surface area contributed by atoms with Gasteiger partial charge in [0.15, 0.2) is 0 Å². The second kappa shape index (κ2) is 2.67. The summed E-state index contributed by atoms with van der Waals surface area (Å²) >= 11 is 5.13. The first-order chi connectivity index (χ1) is 4.24. The molecule has 1 aromatic heterocycles. The molecule has 2 heteroatoms. The lowest BCUT2D eigenvalue weighted by molar-refractivity contribution is 1.60. The molecule has 0 spiro atoms. The van der Waals surface area contributed by atoms with E-state index in [0.717, 1.165) is 0 Å². The van der Waals surface area contributed by atoms with Gasteiger partial charge in [-0.25, -0.2) is 0 Å². The minimum atomic E-state index is 1.18. The smallest absolute Gasteiger partial charge is 0.0707 e. The topological polar surface area (TPSA) is 0 Å². The van der Waals surface area contributed by atoms with Crippen LogP contribution in [0.3, 0.4) is 0 Å². The Hall–Kier alpha value is -0.0800. The summed E-state index contributed by atoms with van der Waals surface area (Å²) in [5.74, 6) is 0. The quantitative estimate of drug-likeness (QED) is 0.655. The molecule has 1 aromatic rings. The minimum Gasteiger partial charge on any atom is -0.133 e. The van der Waals surface area contributed by atoms with Crippen LogP contribution in [-0.2, 0) is 0 Å². The third kappa shape index (κ3) is 1.43. The monoisotopic (exact) mass is 202 g/mol. The highest BCUT2D eigenvalue weighted by molar-refractivity contribution is 9.11. The highest BCUT2D eigenvalue weighted by Crippen LogP contribution is 2.26. The summed E-state index contributed by atoms with van der Waals surface area (Å²) in [5.41, 5.74) is 1.23. The van der Waals surface area contributed by atoms with Crippen LogP contribution in [0.25, 0.3) is 6.08 Å². The zero-order chi connectivity index (χ0) is 6.85. The van der Waals surface area contributed by atoms with Crippen molar-refractivity contribution in [1.29, 1.82) is 0 Å². The van der Waals surface area contributed by atoms with E-state index in [2.05, 4.69) is 35.5 Å². The van der Waals surface area contributed by atoms with E-state index in [0.29, 0.717) is 0 Å². The van der Waals surface area contributed by atoms with Crippen LogP contribution in [0.1, 0.15) is 10.4 Å². The summed E-state index contributed by atoms with van der Waals surface area (Å²) in [5, 5.41) is 0. The number of thiophene rings is 1. The first kappa shape index (κ1) is 7.03. The van der Waals surface area contributed by atoms with Gasteiger partial charge in [-0.2, -0.15) is 0 Å². The van der Waals surface area contributed by atoms with Crippen LogP contribution in [0.5, 0.6) is 0 Å². The Bertz CT molecular complexity index is 225. The molecule has 0 saturated carbocycles. The molecule has 0 aliphatic rings. The van der Waals surface area contributed by atoms with Crippen LogP contribution < -0.4 is 0 Å². The van der Waals surface area contributed by atoms with Crippen LogP contribution in [0.2, 0.25) is 0 Å². The Morgan fingerprint density at radius 3 is 2.67 bits per heavy atom. The van der Waals surface area contributed by atoms with Gasteiger partial charge in [0, 0.05) is 4.88 Å². The van der Waals surface area contributed by atoms with Crippen LogP contribution in [0, 0.1) is 6.92 Å². The largest absolute Gasteiger partial charge is 0.133 e. The second-order valence-electron chi connectivity index (χ2n) is 1.77. The molecule has 0 aliphatic heterocycles. The van der Waals surface area contributed by atoms with Gasteiger partial charge in [-0.1, -0.05) is 12.7 Å². The van der Waals surface area contributed by atoms with E-state index in [1.165, 1.54) is 14.2 Å². The number of aryl methyl sites for hydroxylation is 1. The number of rotatable bonds is 1. The third-order valence-corrected chi connectivity index (χ3v) is 2.72. The van der Waals surface area contributed by atoms with Gasteiger partial charge in [0.25, 0.3) is 0 Å². The average molecular weight is 203 g/mol. The third-order valence-electron chi connectivity index (χ3n) is 1.15. The summed E-state index contributed by atoms with van der Waals surface area (Å²) in [6, 6.07) is 2.08. The summed E-state index contributed by atoms with van der Waals surface area (Å²) in [6.07, 6.45) is 1.87. The van der Waals surface area contributed by atoms with Gasteiger partial charge in [0.2, 0.25) is 0 Å². The summed E-state index contributed by atoms with van der Waals surface area (Å²) < 4.78 is 1.18. The zero-order valence-electron chi connectivity index (χ0n) is 5.15. The highest BCUT2D eigenvalue weighted by atomic mass is 79.9. The molecule has 0 amide bonds. The summed E-state index contributed by atoms with van der Waals surface area (Å²) in [6.45, 7) is 5.78. The molecule has 0 saturated heterocycles. The highest BCUT2D eigenvalue weighted by Gasteiger charge is 1.97. The van der Waals surface area contributed by atoms with Crippen molar-refractivity contribution in [3.8, 4) is 0 Å². The van der Waals surface area contributed by atoms with E-state index in [4.69, 9.17) is 0 Å².